The van der Waals surface area contributed by atoms with Crippen LogP contribution in [-0.4, -0.2) is 38.3 Å². The first-order valence-electron chi connectivity index (χ1n) is 8.61. The molecule has 0 unspecified atom stereocenters. The van der Waals surface area contributed by atoms with Crippen molar-refractivity contribution in [3.63, 3.8) is 0 Å². The Morgan fingerprint density at radius 3 is 2.52 bits per heavy atom. The van der Waals surface area contributed by atoms with E-state index in [4.69, 9.17) is 4.74 Å². The number of hydrogen-bond acceptors (Lipinski definition) is 5. The second-order valence-corrected chi connectivity index (χ2v) is 7.33. The molecule has 0 saturated carbocycles. The molecule has 142 valence electrons. The lowest BCUT2D eigenvalue weighted by Crippen LogP contribution is -2.21. The Balaban J connectivity index is 1.60. The average molecular weight is 387 g/mol. The molecule has 0 saturated heterocycles. The van der Waals surface area contributed by atoms with E-state index < -0.39 is 6.10 Å². The Hall–Kier alpha value is -2.38. The second-order valence-electron chi connectivity index (χ2n) is 6.34. The molecule has 0 bridgehead atoms. The van der Waals surface area contributed by atoms with E-state index in [1.807, 2.05) is 32.0 Å². The molecular formula is C20H22FN3O2S. The van der Waals surface area contributed by atoms with Crippen LogP contribution in [0.15, 0.2) is 47.6 Å². The van der Waals surface area contributed by atoms with Crippen LogP contribution in [-0.2, 0) is 7.05 Å². The average Bonchev–Trinajstić information content (AvgIpc) is 3.00. The first-order chi connectivity index (χ1) is 13.0. The first kappa shape index (κ1) is 19.4. The highest BCUT2D eigenvalue weighted by molar-refractivity contribution is 7.99. The van der Waals surface area contributed by atoms with Crippen molar-refractivity contribution in [1.82, 2.24) is 14.8 Å². The highest BCUT2D eigenvalue weighted by Crippen LogP contribution is 2.26. The van der Waals surface area contributed by atoms with Crippen LogP contribution < -0.4 is 4.74 Å². The quantitative estimate of drug-likeness (QED) is 0.626. The molecule has 2 aromatic carbocycles. The lowest BCUT2D eigenvalue weighted by molar-refractivity contribution is 0.125. The van der Waals surface area contributed by atoms with Crippen LogP contribution >= 0.6 is 11.8 Å². The van der Waals surface area contributed by atoms with Crippen molar-refractivity contribution in [2.24, 2.45) is 7.05 Å². The minimum atomic E-state index is -0.664. The van der Waals surface area contributed by atoms with Crippen LogP contribution in [0.3, 0.4) is 0 Å². The number of nitrogens with zero attached hydrogens (tertiary/aromatic N) is 3. The number of aliphatic hydroxyl groups excluding tert-OH is 1. The van der Waals surface area contributed by atoms with E-state index >= 15 is 0 Å². The molecule has 0 aliphatic rings. The predicted molar refractivity (Wildman–Crippen MR) is 105 cm³/mol. The summed E-state index contributed by atoms with van der Waals surface area (Å²) in [4.78, 5) is 0. The minimum Gasteiger partial charge on any atom is -0.490 e. The third-order valence-corrected chi connectivity index (χ3v) is 5.35. The maximum atomic E-state index is 14.0. The number of benzene rings is 2. The Labute approximate surface area is 162 Å². The lowest BCUT2D eigenvalue weighted by Gasteiger charge is -2.15. The predicted octanol–water partition coefficient (Wildman–Crippen LogP) is 3.77. The summed E-state index contributed by atoms with van der Waals surface area (Å²) < 4.78 is 21.5. The van der Waals surface area contributed by atoms with Gasteiger partial charge in [-0.25, -0.2) is 4.39 Å². The lowest BCUT2D eigenvalue weighted by atomic mass is 10.1. The van der Waals surface area contributed by atoms with Crippen molar-refractivity contribution in [2.75, 3.05) is 12.4 Å². The topological polar surface area (TPSA) is 60.2 Å². The third kappa shape index (κ3) is 4.48. The highest BCUT2D eigenvalue weighted by Gasteiger charge is 2.16. The molecule has 0 spiro atoms. The number of para-hydroxylation sites is 1. The molecule has 0 fully saturated rings. The smallest absolute Gasteiger partial charge is 0.191 e. The number of aryl methyl sites for hydroxylation is 2. The summed E-state index contributed by atoms with van der Waals surface area (Å²) in [6, 6.07) is 12.4. The van der Waals surface area contributed by atoms with Crippen molar-refractivity contribution in [3.8, 4) is 17.1 Å². The van der Waals surface area contributed by atoms with Gasteiger partial charge in [0.1, 0.15) is 18.2 Å². The molecule has 0 amide bonds. The SMILES string of the molecule is Cc1cccc(C)c1OC[C@H](O)CSc1nnc(-c2ccccc2F)n1C. The molecule has 27 heavy (non-hydrogen) atoms. The van der Waals surface area contributed by atoms with Gasteiger partial charge in [0.25, 0.3) is 0 Å². The molecule has 3 rings (SSSR count). The van der Waals surface area contributed by atoms with Gasteiger partial charge in [0.05, 0.1) is 11.7 Å². The monoisotopic (exact) mass is 387 g/mol. The van der Waals surface area contributed by atoms with E-state index in [-0.39, 0.29) is 12.4 Å². The fourth-order valence-corrected chi connectivity index (χ4v) is 3.56. The summed E-state index contributed by atoms with van der Waals surface area (Å²) in [5.74, 6) is 1.32. The Kier molecular flexibility index (Phi) is 6.13. The standard InChI is InChI=1S/C20H22FN3O2S/c1-13-7-6-8-14(2)18(13)26-11-15(25)12-27-20-23-22-19(24(20)3)16-9-4-5-10-17(16)21/h4-10,15,25H,11-12H2,1-3H3/t15-/m0/s1. The zero-order valence-corrected chi connectivity index (χ0v) is 16.3. The molecule has 1 aromatic heterocycles. The van der Waals surface area contributed by atoms with E-state index in [9.17, 15) is 9.50 Å². The number of thioether (sulfide) groups is 1. The maximum absolute atomic E-state index is 14.0. The van der Waals surface area contributed by atoms with Gasteiger partial charge in [-0.2, -0.15) is 0 Å². The van der Waals surface area contributed by atoms with E-state index in [2.05, 4.69) is 10.2 Å². The number of rotatable bonds is 7. The fraction of sp³-hybridized carbons (Fsp3) is 0.300. The third-order valence-electron chi connectivity index (χ3n) is 4.18. The van der Waals surface area contributed by atoms with Crippen molar-refractivity contribution < 1.29 is 14.2 Å². The summed E-state index contributed by atoms with van der Waals surface area (Å²) >= 11 is 1.36. The van der Waals surface area contributed by atoms with Gasteiger partial charge in [-0.15, -0.1) is 10.2 Å². The minimum absolute atomic E-state index is 0.191. The van der Waals surface area contributed by atoms with Crippen LogP contribution in [0.25, 0.3) is 11.4 Å². The first-order valence-corrected chi connectivity index (χ1v) is 9.60. The Bertz CT molecular complexity index is 909. The zero-order chi connectivity index (χ0) is 19.4. The van der Waals surface area contributed by atoms with Crippen molar-refractivity contribution in [1.29, 1.82) is 0 Å². The van der Waals surface area contributed by atoms with Gasteiger partial charge < -0.3 is 14.4 Å². The van der Waals surface area contributed by atoms with Crippen LogP contribution in [0.2, 0.25) is 0 Å². The van der Waals surface area contributed by atoms with Gasteiger partial charge in [-0.3, -0.25) is 0 Å². The van der Waals surface area contributed by atoms with Gasteiger partial charge in [0, 0.05) is 12.8 Å². The molecule has 3 aromatic rings. The van der Waals surface area contributed by atoms with Crippen molar-refractivity contribution in [2.45, 2.75) is 25.1 Å². The van der Waals surface area contributed by atoms with Gasteiger partial charge in [-0.05, 0) is 37.1 Å². The van der Waals surface area contributed by atoms with Gasteiger partial charge >= 0.3 is 0 Å². The van der Waals surface area contributed by atoms with Crippen LogP contribution in [0, 0.1) is 19.7 Å². The van der Waals surface area contributed by atoms with E-state index in [1.165, 1.54) is 17.8 Å². The summed E-state index contributed by atoms with van der Waals surface area (Å²) in [5.41, 5.74) is 2.48. The Morgan fingerprint density at radius 2 is 1.81 bits per heavy atom. The largest absolute Gasteiger partial charge is 0.490 e. The molecular weight excluding hydrogens is 365 g/mol. The summed E-state index contributed by atoms with van der Waals surface area (Å²) in [7, 11) is 1.78. The number of halogens is 1. The van der Waals surface area contributed by atoms with Crippen LogP contribution in [0.4, 0.5) is 4.39 Å². The molecule has 1 heterocycles. The number of aliphatic hydroxyl groups is 1. The number of aromatic nitrogens is 3. The fourth-order valence-electron chi connectivity index (χ4n) is 2.74. The molecule has 5 nitrogen and oxygen atoms in total. The molecule has 0 aliphatic heterocycles. The molecule has 0 radical (unpaired) electrons. The second kappa shape index (κ2) is 8.54. The van der Waals surface area contributed by atoms with Gasteiger partial charge in [0.2, 0.25) is 0 Å². The molecule has 7 heteroatoms. The number of hydrogen-bond donors (Lipinski definition) is 1. The van der Waals surface area contributed by atoms with Gasteiger partial charge in [-0.1, -0.05) is 42.1 Å². The Morgan fingerprint density at radius 1 is 1.11 bits per heavy atom. The van der Waals surface area contributed by atoms with Crippen molar-refractivity contribution in [3.05, 3.63) is 59.4 Å². The summed E-state index contributed by atoms with van der Waals surface area (Å²) in [6.45, 7) is 4.15. The van der Waals surface area contributed by atoms with Crippen molar-refractivity contribution >= 4 is 11.8 Å². The van der Waals surface area contributed by atoms with E-state index in [0.29, 0.717) is 22.3 Å². The normalized spacial score (nSPS) is 12.2. The van der Waals surface area contributed by atoms with E-state index in [0.717, 1.165) is 16.9 Å². The van der Waals surface area contributed by atoms with Crippen LogP contribution in [0.1, 0.15) is 11.1 Å². The molecule has 1 atom stereocenters. The molecule has 0 aliphatic carbocycles. The summed E-state index contributed by atoms with van der Waals surface area (Å²) in [6.07, 6.45) is -0.664. The highest BCUT2D eigenvalue weighted by atomic mass is 32.2. The zero-order valence-electron chi connectivity index (χ0n) is 15.5. The maximum Gasteiger partial charge on any atom is 0.191 e. The van der Waals surface area contributed by atoms with Gasteiger partial charge in [0.15, 0.2) is 11.0 Å². The number of ether oxygens (including phenoxy) is 1. The van der Waals surface area contributed by atoms with E-state index in [1.54, 1.807) is 29.8 Å². The van der Waals surface area contributed by atoms with Crippen LogP contribution in [0.5, 0.6) is 5.75 Å². The molecule has 1 N–H and O–H groups in total. The summed E-state index contributed by atoms with van der Waals surface area (Å²) in [5, 5.41) is 19.0.